The van der Waals surface area contributed by atoms with Crippen LogP contribution in [0.5, 0.6) is 0 Å². The Morgan fingerprint density at radius 1 is 1.39 bits per heavy atom. The highest BCUT2D eigenvalue weighted by Gasteiger charge is 2.27. The lowest BCUT2D eigenvalue weighted by molar-refractivity contribution is 0.909. The maximum absolute atomic E-state index is 4.54. The number of nitrogens with one attached hydrogen (secondary N) is 1. The molecule has 3 rings (SSSR count). The predicted molar refractivity (Wildman–Crippen MR) is 75.9 cm³/mol. The van der Waals surface area contributed by atoms with E-state index in [2.05, 4.69) is 41.6 Å². The maximum atomic E-state index is 4.54. The summed E-state index contributed by atoms with van der Waals surface area (Å²) in [6.07, 6.45) is 2.42. The topological polar surface area (TPSA) is 50.7 Å². The van der Waals surface area contributed by atoms with Crippen LogP contribution in [0.15, 0.2) is 16.0 Å². The average molecular weight is 325 g/mol. The van der Waals surface area contributed by atoms with Crippen molar-refractivity contribution < 1.29 is 0 Å². The fourth-order valence-corrected chi connectivity index (χ4v) is 2.81. The smallest absolute Gasteiger partial charge is 0.135 e. The van der Waals surface area contributed by atoms with Crippen molar-refractivity contribution in [3.05, 3.63) is 32.6 Å². The zero-order valence-corrected chi connectivity index (χ0v) is 12.4. The Labute approximate surface area is 118 Å². The van der Waals surface area contributed by atoms with Gasteiger partial charge in [0.2, 0.25) is 0 Å². The van der Waals surface area contributed by atoms with Crippen LogP contribution in [0.1, 0.15) is 35.3 Å². The predicted octanol–water partition coefficient (Wildman–Crippen LogP) is 3.49. The van der Waals surface area contributed by atoms with E-state index >= 15 is 0 Å². The molecule has 0 aromatic carbocycles. The Kier molecular flexibility index (Phi) is 3.30. The molecule has 4 nitrogen and oxygen atoms in total. The van der Waals surface area contributed by atoms with E-state index in [1.54, 1.807) is 11.3 Å². The molecule has 0 amide bonds. The van der Waals surface area contributed by atoms with Crippen molar-refractivity contribution in [3.8, 4) is 0 Å². The van der Waals surface area contributed by atoms with Gasteiger partial charge in [-0.05, 0) is 35.7 Å². The minimum atomic E-state index is 0.560. The van der Waals surface area contributed by atoms with Crippen LogP contribution in [0.3, 0.4) is 0 Å². The second-order valence-electron chi connectivity index (χ2n) is 4.44. The standard InChI is InChI=1S/C12H13BrN4S/c1-7-6-18-11(15-7)5-14-10-4-9(13)16-12(17-10)8-2-3-8/h4,6,8H,2-3,5H2,1H3,(H,14,16,17). The van der Waals surface area contributed by atoms with E-state index in [1.807, 2.05) is 13.0 Å². The minimum absolute atomic E-state index is 0.560. The summed E-state index contributed by atoms with van der Waals surface area (Å²) in [6.45, 7) is 2.72. The van der Waals surface area contributed by atoms with Crippen molar-refractivity contribution in [2.45, 2.75) is 32.2 Å². The first-order chi connectivity index (χ1) is 8.70. The van der Waals surface area contributed by atoms with E-state index in [1.165, 1.54) is 12.8 Å². The van der Waals surface area contributed by atoms with E-state index in [0.29, 0.717) is 12.5 Å². The summed E-state index contributed by atoms with van der Waals surface area (Å²) < 4.78 is 0.845. The summed E-state index contributed by atoms with van der Waals surface area (Å²) in [7, 11) is 0. The zero-order valence-electron chi connectivity index (χ0n) is 9.98. The molecule has 0 saturated heterocycles. The van der Waals surface area contributed by atoms with Crippen LogP contribution in [0, 0.1) is 6.92 Å². The van der Waals surface area contributed by atoms with Crippen molar-refractivity contribution in [1.29, 1.82) is 0 Å². The van der Waals surface area contributed by atoms with Gasteiger partial charge in [0.1, 0.15) is 21.3 Å². The van der Waals surface area contributed by atoms with E-state index in [4.69, 9.17) is 0 Å². The second kappa shape index (κ2) is 4.93. The fourth-order valence-electron chi connectivity index (χ4n) is 1.70. The van der Waals surface area contributed by atoms with Crippen LogP contribution < -0.4 is 5.32 Å². The molecule has 1 fully saturated rings. The molecule has 0 aliphatic heterocycles. The van der Waals surface area contributed by atoms with Gasteiger partial charge in [0.25, 0.3) is 0 Å². The van der Waals surface area contributed by atoms with Gasteiger partial charge in [0, 0.05) is 23.1 Å². The number of aromatic nitrogens is 3. The Hall–Kier alpha value is -1.01. The molecule has 2 heterocycles. The van der Waals surface area contributed by atoms with Gasteiger partial charge in [-0.25, -0.2) is 15.0 Å². The number of hydrogen-bond donors (Lipinski definition) is 1. The van der Waals surface area contributed by atoms with Gasteiger partial charge in [-0.3, -0.25) is 0 Å². The Morgan fingerprint density at radius 2 is 2.22 bits per heavy atom. The largest absolute Gasteiger partial charge is 0.363 e. The van der Waals surface area contributed by atoms with E-state index < -0.39 is 0 Å². The van der Waals surface area contributed by atoms with Crippen LogP contribution in [-0.4, -0.2) is 15.0 Å². The van der Waals surface area contributed by atoms with Crippen LogP contribution >= 0.6 is 27.3 Å². The molecule has 0 radical (unpaired) electrons. The lowest BCUT2D eigenvalue weighted by Gasteiger charge is -2.06. The number of aryl methyl sites for hydroxylation is 1. The fraction of sp³-hybridized carbons (Fsp3) is 0.417. The molecular weight excluding hydrogens is 312 g/mol. The first kappa shape index (κ1) is 12.0. The summed E-state index contributed by atoms with van der Waals surface area (Å²) in [4.78, 5) is 13.4. The third kappa shape index (κ3) is 2.87. The number of hydrogen-bond acceptors (Lipinski definition) is 5. The molecule has 2 aromatic rings. The Morgan fingerprint density at radius 3 is 2.89 bits per heavy atom. The number of anilines is 1. The first-order valence-corrected chi connectivity index (χ1v) is 7.57. The number of halogens is 1. The second-order valence-corrected chi connectivity index (χ2v) is 6.20. The minimum Gasteiger partial charge on any atom is -0.363 e. The molecule has 1 aliphatic carbocycles. The molecule has 0 unspecified atom stereocenters. The van der Waals surface area contributed by atoms with Crippen molar-refractivity contribution in [2.75, 3.05) is 5.32 Å². The monoisotopic (exact) mass is 324 g/mol. The number of nitrogens with zero attached hydrogens (tertiary/aromatic N) is 3. The van der Waals surface area contributed by atoms with E-state index in [9.17, 15) is 0 Å². The maximum Gasteiger partial charge on any atom is 0.135 e. The average Bonchev–Trinajstić information content (AvgIpc) is 3.10. The SMILES string of the molecule is Cc1csc(CNc2cc(Br)nc(C3CC3)n2)n1. The molecule has 6 heteroatoms. The molecule has 2 aromatic heterocycles. The molecule has 0 spiro atoms. The van der Waals surface area contributed by atoms with Crippen LogP contribution in [0.2, 0.25) is 0 Å². The summed E-state index contributed by atoms with van der Waals surface area (Å²) in [6, 6.07) is 1.91. The van der Waals surface area contributed by atoms with E-state index in [-0.39, 0.29) is 0 Å². The lowest BCUT2D eigenvalue weighted by Crippen LogP contribution is -2.04. The third-order valence-corrected chi connectivity index (χ3v) is 4.11. The van der Waals surface area contributed by atoms with Gasteiger partial charge in [0.15, 0.2) is 0 Å². The third-order valence-electron chi connectivity index (χ3n) is 2.74. The highest BCUT2D eigenvalue weighted by atomic mass is 79.9. The van der Waals surface area contributed by atoms with Gasteiger partial charge in [-0.1, -0.05) is 0 Å². The highest BCUT2D eigenvalue weighted by Crippen LogP contribution is 2.38. The van der Waals surface area contributed by atoms with Gasteiger partial charge >= 0.3 is 0 Å². The summed E-state index contributed by atoms with van der Waals surface area (Å²) >= 11 is 5.10. The molecule has 1 N–H and O–H groups in total. The molecule has 0 atom stereocenters. The normalized spacial score (nSPS) is 14.8. The van der Waals surface area contributed by atoms with Crippen molar-refractivity contribution in [2.24, 2.45) is 0 Å². The van der Waals surface area contributed by atoms with E-state index in [0.717, 1.165) is 26.9 Å². The lowest BCUT2D eigenvalue weighted by atomic mass is 10.4. The Balaban J connectivity index is 1.71. The number of thiazole rings is 1. The van der Waals surface area contributed by atoms with Crippen molar-refractivity contribution in [3.63, 3.8) is 0 Å². The van der Waals surface area contributed by atoms with Crippen molar-refractivity contribution in [1.82, 2.24) is 15.0 Å². The molecule has 94 valence electrons. The molecule has 1 aliphatic rings. The van der Waals surface area contributed by atoms with Gasteiger partial charge in [0.05, 0.1) is 6.54 Å². The quantitative estimate of drug-likeness (QED) is 0.874. The van der Waals surface area contributed by atoms with Gasteiger partial charge in [-0.15, -0.1) is 11.3 Å². The Bertz CT molecular complexity index is 565. The summed E-state index contributed by atoms with van der Waals surface area (Å²) in [5.74, 6) is 2.37. The molecule has 18 heavy (non-hydrogen) atoms. The van der Waals surface area contributed by atoms with Gasteiger partial charge < -0.3 is 5.32 Å². The molecule has 0 bridgehead atoms. The summed E-state index contributed by atoms with van der Waals surface area (Å²) in [5.41, 5.74) is 1.07. The van der Waals surface area contributed by atoms with Crippen molar-refractivity contribution >= 4 is 33.1 Å². The first-order valence-electron chi connectivity index (χ1n) is 5.90. The highest BCUT2D eigenvalue weighted by molar-refractivity contribution is 9.10. The summed E-state index contributed by atoms with van der Waals surface area (Å²) in [5, 5.41) is 6.44. The molecule has 1 saturated carbocycles. The number of rotatable bonds is 4. The van der Waals surface area contributed by atoms with Crippen LogP contribution in [0.4, 0.5) is 5.82 Å². The molecular formula is C12H13BrN4S. The van der Waals surface area contributed by atoms with Crippen LogP contribution in [-0.2, 0) is 6.54 Å². The van der Waals surface area contributed by atoms with Crippen LogP contribution in [0.25, 0.3) is 0 Å². The zero-order chi connectivity index (χ0) is 12.5. The van der Waals surface area contributed by atoms with Gasteiger partial charge in [-0.2, -0.15) is 0 Å².